The van der Waals surface area contributed by atoms with E-state index >= 15 is 0 Å². The van der Waals surface area contributed by atoms with Gasteiger partial charge in [-0.15, -0.1) is 11.3 Å². The SMILES string of the molecule is Nc1ccccc1-c1ccc(CNC(=O)[C@H](O)[C@@H](O)C(=O)N2CCCC2c2nccs2)cc1. The first-order chi connectivity index (χ1) is 16.0. The van der Waals surface area contributed by atoms with Crippen molar-refractivity contribution in [1.29, 1.82) is 0 Å². The van der Waals surface area contributed by atoms with Crippen LogP contribution in [0.4, 0.5) is 5.69 Å². The van der Waals surface area contributed by atoms with Crippen molar-refractivity contribution in [2.75, 3.05) is 12.3 Å². The molecule has 1 aliphatic heterocycles. The van der Waals surface area contributed by atoms with E-state index in [1.807, 2.05) is 53.9 Å². The predicted octanol–water partition coefficient (Wildman–Crippen LogP) is 2.09. The third kappa shape index (κ3) is 5.05. The molecule has 0 aliphatic carbocycles. The molecule has 2 aromatic carbocycles. The number of hydrogen-bond donors (Lipinski definition) is 4. The van der Waals surface area contributed by atoms with Crippen LogP contribution in [0.5, 0.6) is 0 Å². The Morgan fingerprint density at radius 2 is 1.91 bits per heavy atom. The van der Waals surface area contributed by atoms with Crippen LogP contribution in [-0.2, 0) is 16.1 Å². The van der Waals surface area contributed by atoms with Gasteiger partial charge in [-0.25, -0.2) is 4.98 Å². The molecular weight excluding hydrogens is 440 g/mol. The van der Waals surface area contributed by atoms with Crippen LogP contribution < -0.4 is 11.1 Å². The van der Waals surface area contributed by atoms with Crippen molar-refractivity contribution >= 4 is 28.8 Å². The van der Waals surface area contributed by atoms with Gasteiger partial charge in [0.25, 0.3) is 11.8 Å². The number of aromatic nitrogens is 1. The Morgan fingerprint density at radius 3 is 2.61 bits per heavy atom. The van der Waals surface area contributed by atoms with E-state index < -0.39 is 24.0 Å². The molecule has 9 heteroatoms. The van der Waals surface area contributed by atoms with Gasteiger partial charge in [-0.2, -0.15) is 0 Å². The summed E-state index contributed by atoms with van der Waals surface area (Å²) in [5.74, 6) is -1.47. The van der Waals surface area contributed by atoms with Crippen LogP contribution in [0, 0.1) is 0 Å². The summed E-state index contributed by atoms with van der Waals surface area (Å²) >= 11 is 1.44. The molecule has 2 amide bonds. The third-order valence-electron chi connectivity index (χ3n) is 5.79. The number of carbonyl (C=O) groups excluding carboxylic acids is 2. The van der Waals surface area contributed by atoms with Crippen molar-refractivity contribution in [3.8, 4) is 11.1 Å². The second-order valence-electron chi connectivity index (χ2n) is 7.95. The highest BCUT2D eigenvalue weighted by molar-refractivity contribution is 7.09. The first-order valence-electron chi connectivity index (χ1n) is 10.7. The molecular formula is C24H26N4O4S. The molecule has 1 aromatic heterocycles. The molecule has 0 saturated carbocycles. The van der Waals surface area contributed by atoms with Crippen LogP contribution in [-0.4, -0.2) is 50.7 Å². The summed E-state index contributed by atoms with van der Waals surface area (Å²) in [6.45, 7) is 0.597. The lowest BCUT2D eigenvalue weighted by atomic mass is 10.0. The van der Waals surface area contributed by atoms with Crippen molar-refractivity contribution in [2.24, 2.45) is 0 Å². The highest BCUT2D eigenvalue weighted by Crippen LogP contribution is 2.33. The molecule has 0 radical (unpaired) electrons. The van der Waals surface area contributed by atoms with Crippen LogP contribution in [0.2, 0.25) is 0 Å². The lowest BCUT2D eigenvalue weighted by Crippen LogP contribution is -2.50. The number of nitrogens with two attached hydrogens (primary N) is 1. The zero-order chi connectivity index (χ0) is 23.4. The van der Waals surface area contributed by atoms with Gasteiger partial charge in [-0.1, -0.05) is 42.5 Å². The Morgan fingerprint density at radius 1 is 1.15 bits per heavy atom. The molecule has 33 heavy (non-hydrogen) atoms. The normalized spacial score (nSPS) is 17.5. The molecule has 0 bridgehead atoms. The number of nitrogens with one attached hydrogen (secondary N) is 1. The number of aliphatic hydroxyl groups is 2. The number of benzene rings is 2. The van der Waals surface area contributed by atoms with Gasteiger partial charge in [-0.3, -0.25) is 9.59 Å². The lowest BCUT2D eigenvalue weighted by molar-refractivity contribution is -0.153. The fraction of sp³-hybridized carbons (Fsp3) is 0.292. The first kappa shape index (κ1) is 22.9. The van der Waals surface area contributed by atoms with Gasteiger partial charge in [0.2, 0.25) is 0 Å². The maximum Gasteiger partial charge on any atom is 0.255 e. The van der Waals surface area contributed by atoms with Crippen LogP contribution in [0.15, 0.2) is 60.1 Å². The molecule has 0 spiro atoms. The van der Waals surface area contributed by atoms with E-state index in [-0.39, 0.29) is 12.6 Å². The Bertz CT molecular complexity index is 1100. The summed E-state index contributed by atoms with van der Waals surface area (Å²) in [6.07, 6.45) is -0.525. The second-order valence-corrected chi connectivity index (χ2v) is 8.88. The number of aliphatic hydroxyl groups excluding tert-OH is 2. The summed E-state index contributed by atoms with van der Waals surface area (Å²) in [4.78, 5) is 30.9. The number of nitrogens with zero attached hydrogens (tertiary/aromatic N) is 2. The van der Waals surface area contributed by atoms with E-state index in [1.54, 1.807) is 6.20 Å². The first-order valence-corrected chi connectivity index (χ1v) is 11.6. The number of amides is 2. The number of thiazole rings is 1. The number of likely N-dealkylation sites (tertiary alicyclic amines) is 1. The molecule has 1 saturated heterocycles. The molecule has 1 unspecified atom stereocenters. The second kappa shape index (κ2) is 10.1. The van der Waals surface area contributed by atoms with Gasteiger partial charge >= 0.3 is 0 Å². The smallest absolute Gasteiger partial charge is 0.255 e. The molecule has 1 aliphatic rings. The van der Waals surface area contributed by atoms with E-state index in [4.69, 9.17) is 5.73 Å². The number of carbonyl (C=O) groups is 2. The third-order valence-corrected chi connectivity index (χ3v) is 6.66. The van der Waals surface area contributed by atoms with Gasteiger partial charge in [0.1, 0.15) is 5.01 Å². The van der Waals surface area contributed by atoms with Crippen molar-refractivity contribution in [2.45, 2.75) is 37.6 Å². The molecule has 4 rings (SSSR count). The van der Waals surface area contributed by atoms with Crippen molar-refractivity contribution in [3.63, 3.8) is 0 Å². The van der Waals surface area contributed by atoms with Crippen molar-refractivity contribution in [1.82, 2.24) is 15.2 Å². The average Bonchev–Trinajstić information content (AvgIpc) is 3.54. The topological polar surface area (TPSA) is 129 Å². The number of nitrogen functional groups attached to an aromatic ring is 1. The standard InChI is InChI=1S/C24H26N4O4S/c25-18-5-2-1-4-17(18)16-9-7-15(8-10-16)14-27-22(31)20(29)21(30)24(32)28-12-3-6-19(28)23-26-11-13-33-23/h1-2,4-5,7-11,13,19-21,29-30H,3,6,12,14,25H2,(H,27,31)/t19?,20-,21-/m1/s1. The Balaban J connectivity index is 1.33. The van der Waals surface area contributed by atoms with Gasteiger partial charge in [0, 0.05) is 35.9 Å². The summed E-state index contributed by atoms with van der Waals surface area (Å²) in [6, 6.07) is 14.8. The fourth-order valence-electron chi connectivity index (χ4n) is 3.99. The number of hydrogen-bond acceptors (Lipinski definition) is 7. The van der Waals surface area contributed by atoms with E-state index in [0.717, 1.165) is 34.5 Å². The highest BCUT2D eigenvalue weighted by Gasteiger charge is 2.39. The van der Waals surface area contributed by atoms with Gasteiger partial charge < -0.3 is 26.2 Å². The molecule has 172 valence electrons. The molecule has 2 heterocycles. The van der Waals surface area contributed by atoms with Gasteiger partial charge in [0.05, 0.1) is 6.04 Å². The maximum atomic E-state index is 12.8. The molecule has 3 aromatic rings. The number of para-hydroxylation sites is 1. The Labute approximate surface area is 195 Å². The Kier molecular flexibility index (Phi) is 7.02. The minimum absolute atomic E-state index is 0.146. The van der Waals surface area contributed by atoms with E-state index in [1.165, 1.54) is 16.2 Å². The maximum absolute atomic E-state index is 12.8. The van der Waals surface area contributed by atoms with Gasteiger partial charge in [0.15, 0.2) is 12.2 Å². The van der Waals surface area contributed by atoms with E-state index in [9.17, 15) is 19.8 Å². The number of anilines is 1. The monoisotopic (exact) mass is 466 g/mol. The minimum Gasteiger partial charge on any atom is -0.398 e. The molecule has 1 fully saturated rings. The van der Waals surface area contributed by atoms with E-state index in [2.05, 4.69) is 10.3 Å². The Hall–Kier alpha value is -3.27. The summed E-state index contributed by atoms with van der Waals surface area (Å²) < 4.78 is 0. The average molecular weight is 467 g/mol. The van der Waals surface area contributed by atoms with Crippen LogP contribution >= 0.6 is 11.3 Å². The van der Waals surface area contributed by atoms with E-state index in [0.29, 0.717) is 12.2 Å². The van der Waals surface area contributed by atoms with Crippen LogP contribution in [0.1, 0.15) is 29.5 Å². The molecule has 5 N–H and O–H groups in total. The van der Waals surface area contributed by atoms with Crippen molar-refractivity contribution in [3.05, 3.63) is 70.7 Å². The van der Waals surface area contributed by atoms with Crippen LogP contribution in [0.25, 0.3) is 11.1 Å². The molecule has 3 atom stereocenters. The van der Waals surface area contributed by atoms with Crippen molar-refractivity contribution < 1.29 is 19.8 Å². The fourth-order valence-corrected chi connectivity index (χ4v) is 4.78. The zero-order valence-electron chi connectivity index (χ0n) is 17.9. The minimum atomic E-state index is -1.86. The van der Waals surface area contributed by atoms with Gasteiger partial charge in [-0.05, 0) is 30.0 Å². The number of rotatable bonds is 7. The quantitative estimate of drug-likeness (QED) is 0.395. The molecule has 8 nitrogen and oxygen atoms in total. The van der Waals surface area contributed by atoms with Crippen LogP contribution in [0.3, 0.4) is 0 Å². The largest absolute Gasteiger partial charge is 0.398 e. The summed E-state index contributed by atoms with van der Waals surface area (Å²) in [5.41, 5.74) is 9.36. The predicted molar refractivity (Wildman–Crippen MR) is 126 cm³/mol. The highest BCUT2D eigenvalue weighted by atomic mass is 32.1. The summed E-state index contributed by atoms with van der Waals surface area (Å²) in [7, 11) is 0. The summed E-state index contributed by atoms with van der Waals surface area (Å²) in [5, 5.41) is 25.9. The lowest BCUT2D eigenvalue weighted by Gasteiger charge is -2.27. The zero-order valence-corrected chi connectivity index (χ0v) is 18.7.